The molecule has 6 nitrogen and oxygen atoms in total. The van der Waals surface area contributed by atoms with Crippen LogP contribution in [-0.2, 0) is 13.6 Å². The Bertz CT molecular complexity index is 810. The highest BCUT2D eigenvalue weighted by Crippen LogP contribution is 2.24. The first-order chi connectivity index (χ1) is 10.2. The lowest BCUT2D eigenvalue weighted by Crippen LogP contribution is -2.07. The second-order valence-corrected chi connectivity index (χ2v) is 4.70. The molecule has 0 bridgehead atoms. The minimum atomic E-state index is -0.392. The lowest BCUT2D eigenvalue weighted by molar-refractivity contribution is -0.384. The molecular formula is C15H14N4O2. The molecule has 0 aliphatic rings. The molecule has 0 radical (unpaired) electrons. The summed E-state index contributed by atoms with van der Waals surface area (Å²) >= 11 is 0. The molecule has 0 aliphatic heterocycles. The number of nitrogens with one attached hydrogen (secondary N) is 1. The summed E-state index contributed by atoms with van der Waals surface area (Å²) in [6, 6.07) is 14.4. The van der Waals surface area contributed by atoms with Gasteiger partial charge in [0.1, 0.15) is 11.5 Å². The normalized spacial score (nSPS) is 10.7. The van der Waals surface area contributed by atoms with Crippen LogP contribution in [0.1, 0.15) is 5.82 Å². The molecule has 1 N–H and O–H groups in total. The van der Waals surface area contributed by atoms with E-state index in [-0.39, 0.29) is 5.69 Å². The van der Waals surface area contributed by atoms with Crippen LogP contribution in [0.15, 0.2) is 48.5 Å². The summed E-state index contributed by atoms with van der Waals surface area (Å²) in [5.41, 5.74) is 2.52. The van der Waals surface area contributed by atoms with Crippen LogP contribution >= 0.6 is 0 Å². The zero-order valence-electron chi connectivity index (χ0n) is 11.5. The van der Waals surface area contributed by atoms with Gasteiger partial charge in [0, 0.05) is 13.1 Å². The number of benzene rings is 2. The maximum atomic E-state index is 11.0. The average Bonchev–Trinajstić information content (AvgIpc) is 2.82. The van der Waals surface area contributed by atoms with Gasteiger partial charge in [0.2, 0.25) is 0 Å². The molecule has 0 aliphatic carbocycles. The minimum absolute atomic E-state index is 0.0660. The van der Waals surface area contributed by atoms with Crippen LogP contribution < -0.4 is 5.32 Å². The van der Waals surface area contributed by atoms with E-state index >= 15 is 0 Å². The van der Waals surface area contributed by atoms with Gasteiger partial charge >= 0.3 is 0 Å². The molecule has 3 rings (SSSR count). The van der Waals surface area contributed by atoms with Gasteiger partial charge in [0.25, 0.3) is 5.69 Å². The minimum Gasteiger partial charge on any atom is -0.372 e. The highest BCUT2D eigenvalue weighted by atomic mass is 16.6. The Balaban J connectivity index is 1.87. The van der Waals surface area contributed by atoms with E-state index in [0.717, 1.165) is 16.9 Å². The largest absolute Gasteiger partial charge is 0.372 e. The van der Waals surface area contributed by atoms with Crippen LogP contribution in [0.2, 0.25) is 0 Å². The van der Waals surface area contributed by atoms with Crippen LogP contribution in [-0.4, -0.2) is 14.5 Å². The Labute approximate surface area is 121 Å². The molecule has 0 unspecified atom stereocenters. The fraction of sp³-hybridized carbons (Fsp3) is 0.133. The summed E-state index contributed by atoms with van der Waals surface area (Å²) in [6.45, 7) is 0.427. The molecule has 0 saturated carbocycles. The summed E-state index contributed by atoms with van der Waals surface area (Å²) < 4.78 is 1.98. The number of nitrogens with zero attached hydrogens (tertiary/aromatic N) is 3. The third-order valence-electron chi connectivity index (χ3n) is 3.42. The number of hydrogen-bond acceptors (Lipinski definition) is 4. The third-order valence-corrected chi connectivity index (χ3v) is 3.42. The summed E-state index contributed by atoms with van der Waals surface area (Å²) in [7, 11) is 1.94. The molecule has 0 atom stereocenters. The predicted molar refractivity (Wildman–Crippen MR) is 81.1 cm³/mol. The molecule has 6 heteroatoms. The first-order valence-corrected chi connectivity index (χ1v) is 6.54. The van der Waals surface area contributed by atoms with Crippen molar-refractivity contribution in [1.82, 2.24) is 9.55 Å². The topological polar surface area (TPSA) is 73.0 Å². The van der Waals surface area contributed by atoms with Crippen molar-refractivity contribution < 1.29 is 4.92 Å². The van der Waals surface area contributed by atoms with E-state index in [4.69, 9.17) is 0 Å². The second kappa shape index (κ2) is 5.24. The van der Waals surface area contributed by atoms with Crippen molar-refractivity contribution in [3.8, 4) is 0 Å². The van der Waals surface area contributed by atoms with E-state index < -0.39 is 4.92 Å². The maximum Gasteiger partial charge on any atom is 0.292 e. The SMILES string of the molecule is Cn1c(CNc2ccccc2[N+](=O)[O-])nc2ccccc21. The fourth-order valence-electron chi connectivity index (χ4n) is 2.31. The van der Waals surface area contributed by atoms with E-state index in [0.29, 0.717) is 12.2 Å². The van der Waals surface area contributed by atoms with Crippen LogP contribution in [0, 0.1) is 10.1 Å². The van der Waals surface area contributed by atoms with Crippen molar-refractivity contribution >= 4 is 22.4 Å². The van der Waals surface area contributed by atoms with Crippen LogP contribution in [0.5, 0.6) is 0 Å². The molecule has 1 heterocycles. The Hall–Kier alpha value is -2.89. The highest BCUT2D eigenvalue weighted by molar-refractivity contribution is 5.75. The van der Waals surface area contributed by atoms with Gasteiger partial charge in [0.15, 0.2) is 0 Å². The van der Waals surface area contributed by atoms with Crippen LogP contribution in [0.25, 0.3) is 11.0 Å². The smallest absolute Gasteiger partial charge is 0.292 e. The molecule has 0 fully saturated rings. The van der Waals surface area contributed by atoms with E-state index in [9.17, 15) is 10.1 Å². The molecule has 0 saturated heterocycles. The van der Waals surface area contributed by atoms with E-state index in [1.807, 2.05) is 35.9 Å². The summed E-state index contributed by atoms with van der Waals surface area (Å²) in [5, 5.41) is 14.1. The number of rotatable bonds is 4. The van der Waals surface area contributed by atoms with Crippen molar-refractivity contribution in [2.75, 3.05) is 5.32 Å². The number of para-hydroxylation sites is 4. The van der Waals surface area contributed by atoms with Gasteiger partial charge in [-0.15, -0.1) is 0 Å². The van der Waals surface area contributed by atoms with Gasteiger partial charge in [-0.05, 0) is 18.2 Å². The number of aromatic nitrogens is 2. The maximum absolute atomic E-state index is 11.0. The standard InChI is InChI=1S/C15H14N4O2/c1-18-13-8-4-3-7-12(13)17-15(18)10-16-11-6-2-5-9-14(11)19(20)21/h2-9,16H,10H2,1H3. The summed E-state index contributed by atoms with van der Waals surface area (Å²) in [4.78, 5) is 15.1. The second-order valence-electron chi connectivity index (χ2n) is 4.70. The summed E-state index contributed by atoms with van der Waals surface area (Å²) in [6.07, 6.45) is 0. The quantitative estimate of drug-likeness (QED) is 0.589. The van der Waals surface area contributed by atoms with Gasteiger partial charge < -0.3 is 9.88 Å². The highest BCUT2D eigenvalue weighted by Gasteiger charge is 2.13. The Morgan fingerprint density at radius 3 is 2.67 bits per heavy atom. The number of nitro benzene ring substituents is 1. The summed E-state index contributed by atoms with van der Waals surface area (Å²) in [5.74, 6) is 0.828. The van der Waals surface area contributed by atoms with E-state index in [2.05, 4.69) is 10.3 Å². The third kappa shape index (κ3) is 2.43. The van der Waals surface area contributed by atoms with Crippen molar-refractivity contribution in [2.45, 2.75) is 6.54 Å². The Kier molecular flexibility index (Phi) is 3.27. The zero-order chi connectivity index (χ0) is 14.8. The molecule has 0 spiro atoms. The van der Waals surface area contributed by atoms with E-state index in [1.165, 1.54) is 6.07 Å². The van der Waals surface area contributed by atoms with Crippen molar-refractivity contribution in [3.63, 3.8) is 0 Å². The lowest BCUT2D eigenvalue weighted by atomic mass is 10.2. The molecule has 3 aromatic rings. The molecular weight excluding hydrogens is 268 g/mol. The zero-order valence-corrected chi connectivity index (χ0v) is 11.5. The van der Waals surface area contributed by atoms with Crippen molar-refractivity contribution in [2.24, 2.45) is 7.05 Å². The number of imidazole rings is 1. The Morgan fingerprint density at radius 2 is 1.90 bits per heavy atom. The van der Waals surface area contributed by atoms with Gasteiger partial charge in [-0.1, -0.05) is 24.3 Å². The van der Waals surface area contributed by atoms with Crippen molar-refractivity contribution in [1.29, 1.82) is 0 Å². The molecule has 106 valence electrons. The monoisotopic (exact) mass is 282 g/mol. The van der Waals surface area contributed by atoms with E-state index in [1.54, 1.807) is 18.2 Å². The number of nitro groups is 1. The van der Waals surface area contributed by atoms with Crippen LogP contribution in [0.3, 0.4) is 0 Å². The number of fused-ring (bicyclic) bond motifs is 1. The van der Waals surface area contributed by atoms with Gasteiger partial charge in [-0.25, -0.2) is 4.98 Å². The van der Waals surface area contributed by atoms with Crippen LogP contribution in [0.4, 0.5) is 11.4 Å². The molecule has 0 amide bonds. The number of anilines is 1. The molecule has 2 aromatic carbocycles. The van der Waals surface area contributed by atoms with Gasteiger partial charge in [-0.3, -0.25) is 10.1 Å². The predicted octanol–water partition coefficient (Wildman–Crippen LogP) is 3.09. The van der Waals surface area contributed by atoms with Gasteiger partial charge in [-0.2, -0.15) is 0 Å². The number of aryl methyl sites for hydroxylation is 1. The van der Waals surface area contributed by atoms with Crippen molar-refractivity contribution in [3.05, 3.63) is 64.5 Å². The fourth-order valence-corrected chi connectivity index (χ4v) is 2.31. The first kappa shape index (κ1) is 13.1. The molecule has 1 aromatic heterocycles. The average molecular weight is 282 g/mol. The number of hydrogen-bond donors (Lipinski definition) is 1. The first-order valence-electron chi connectivity index (χ1n) is 6.54. The Morgan fingerprint density at radius 1 is 1.19 bits per heavy atom. The lowest BCUT2D eigenvalue weighted by Gasteiger charge is -2.07. The van der Waals surface area contributed by atoms with Gasteiger partial charge in [0.05, 0.1) is 22.5 Å². The molecule has 21 heavy (non-hydrogen) atoms.